The zero-order valence-electron chi connectivity index (χ0n) is 13.0. The topological polar surface area (TPSA) is 91.6 Å². The molecule has 0 aromatic carbocycles. The molecule has 2 N–H and O–H groups in total. The van der Waals surface area contributed by atoms with E-state index in [4.69, 9.17) is 0 Å². The molecule has 2 aliphatic rings. The number of carbonyl (C=O) groups is 2. The van der Waals surface area contributed by atoms with Crippen molar-refractivity contribution < 1.29 is 27.2 Å². The van der Waals surface area contributed by atoms with Crippen molar-refractivity contribution in [2.75, 3.05) is 24.5 Å². The molecule has 0 spiro atoms. The van der Waals surface area contributed by atoms with Gasteiger partial charge >= 0.3 is 12.2 Å². The summed E-state index contributed by atoms with van der Waals surface area (Å²) in [6.07, 6.45) is -2.10. The largest absolute Gasteiger partial charge is 0.426 e. The number of amides is 3. The van der Waals surface area contributed by atoms with E-state index >= 15 is 0 Å². The second-order valence-electron chi connectivity index (χ2n) is 6.22. The Hall–Kier alpha value is -2.92. The van der Waals surface area contributed by atoms with E-state index in [2.05, 4.69) is 20.7 Å². The van der Waals surface area contributed by atoms with E-state index in [1.165, 1.54) is 27.9 Å². The van der Waals surface area contributed by atoms with Crippen molar-refractivity contribution in [3.05, 3.63) is 24.2 Å². The number of imide groups is 1. The molecule has 2 aromatic heterocycles. The van der Waals surface area contributed by atoms with Crippen molar-refractivity contribution >= 4 is 23.3 Å². The van der Waals surface area contributed by atoms with Crippen molar-refractivity contribution in [2.45, 2.75) is 17.8 Å². The molecular formula is C14H12F4N6O2. The van der Waals surface area contributed by atoms with E-state index in [1.54, 1.807) is 0 Å². The van der Waals surface area contributed by atoms with E-state index < -0.39 is 42.8 Å². The summed E-state index contributed by atoms with van der Waals surface area (Å²) in [7, 11) is 0. The zero-order chi connectivity index (χ0) is 18.7. The van der Waals surface area contributed by atoms with Gasteiger partial charge in [-0.25, -0.2) is 18.7 Å². The summed E-state index contributed by atoms with van der Waals surface area (Å²) in [5.41, 5.74) is -2.57. The number of halogens is 4. The molecule has 4 rings (SSSR count). The first-order valence-corrected chi connectivity index (χ1v) is 7.61. The molecule has 12 heteroatoms. The number of nitrogens with zero attached hydrogens (tertiary/aromatic N) is 4. The summed E-state index contributed by atoms with van der Waals surface area (Å²) in [5, 5.41) is 8.78. The average molecular weight is 372 g/mol. The summed E-state index contributed by atoms with van der Waals surface area (Å²) in [5.74, 6) is -1.40. The van der Waals surface area contributed by atoms with Crippen LogP contribution in [-0.4, -0.2) is 58.0 Å². The van der Waals surface area contributed by atoms with Gasteiger partial charge in [-0.2, -0.15) is 18.3 Å². The molecule has 4 heterocycles. The number of fused-ring (bicyclic) bond motifs is 1. The Labute approximate surface area is 143 Å². The van der Waals surface area contributed by atoms with Crippen LogP contribution >= 0.6 is 0 Å². The van der Waals surface area contributed by atoms with E-state index in [1.807, 2.05) is 0 Å². The molecule has 2 saturated heterocycles. The molecular weight excluding hydrogens is 360 g/mol. The molecule has 0 aliphatic carbocycles. The first-order valence-electron chi connectivity index (χ1n) is 7.61. The van der Waals surface area contributed by atoms with Crippen LogP contribution in [0.25, 0.3) is 5.65 Å². The summed E-state index contributed by atoms with van der Waals surface area (Å²) < 4.78 is 53.5. The molecule has 0 radical (unpaired) electrons. The number of imidazole rings is 1. The number of rotatable bonds is 2. The molecule has 2 aromatic rings. The number of anilines is 1. The fourth-order valence-corrected chi connectivity index (χ4v) is 3.00. The van der Waals surface area contributed by atoms with Gasteiger partial charge in [-0.3, -0.25) is 10.1 Å². The van der Waals surface area contributed by atoms with E-state index in [9.17, 15) is 27.2 Å². The van der Waals surface area contributed by atoms with Crippen LogP contribution < -0.4 is 15.5 Å². The van der Waals surface area contributed by atoms with Gasteiger partial charge in [-0.05, 0) is 6.07 Å². The molecule has 0 bridgehead atoms. The number of carbonyl (C=O) groups excluding carboxylic acids is 2. The number of urea groups is 1. The summed E-state index contributed by atoms with van der Waals surface area (Å²) >= 11 is 0. The van der Waals surface area contributed by atoms with Crippen molar-refractivity contribution in [3.8, 4) is 0 Å². The van der Waals surface area contributed by atoms with Crippen LogP contribution in [-0.2, 0) is 4.79 Å². The maximum Gasteiger partial charge on any atom is 0.426 e. The molecule has 2 aliphatic heterocycles. The van der Waals surface area contributed by atoms with Crippen LogP contribution in [0.1, 0.15) is 11.6 Å². The molecule has 138 valence electrons. The molecule has 2 fully saturated rings. The minimum atomic E-state index is -4.96. The second-order valence-corrected chi connectivity index (χ2v) is 6.22. The van der Waals surface area contributed by atoms with Gasteiger partial charge in [0.05, 0.1) is 30.4 Å². The Morgan fingerprint density at radius 1 is 1.27 bits per heavy atom. The third kappa shape index (κ3) is 2.44. The standard InChI is InChI=1S/C14H12F4N6O2/c15-13(14(16,17)18)5-23(6-13)9-3-8(22-24-2-1-19-10(9)24)7-4-20-12(26)21-11(7)25/h1-3,7H,4-6H2,(H2,20,21,25,26). The van der Waals surface area contributed by atoms with Gasteiger partial charge in [0.1, 0.15) is 0 Å². The zero-order valence-corrected chi connectivity index (χ0v) is 13.0. The third-order valence-corrected chi connectivity index (χ3v) is 4.47. The van der Waals surface area contributed by atoms with E-state index in [-0.39, 0.29) is 23.6 Å². The van der Waals surface area contributed by atoms with Crippen LogP contribution in [0, 0.1) is 0 Å². The lowest BCUT2D eigenvalue weighted by Crippen LogP contribution is -2.66. The average Bonchev–Trinajstić information content (AvgIpc) is 2.98. The highest BCUT2D eigenvalue weighted by atomic mass is 19.4. The lowest BCUT2D eigenvalue weighted by atomic mass is 9.94. The minimum Gasteiger partial charge on any atom is -0.361 e. The summed E-state index contributed by atoms with van der Waals surface area (Å²) in [6.45, 7) is -1.74. The van der Waals surface area contributed by atoms with Crippen LogP contribution in [0.5, 0.6) is 0 Å². The second kappa shape index (κ2) is 5.29. The van der Waals surface area contributed by atoms with Crippen molar-refractivity contribution in [1.29, 1.82) is 0 Å². The van der Waals surface area contributed by atoms with E-state index in [0.717, 1.165) is 0 Å². The van der Waals surface area contributed by atoms with Crippen molar-refractivity contribution in [1.82, 2.24) is 25.2 Å². The summed E-state index contributed by atoms with van der Waals surface area (Å²) in [6, 6.07) is 0.769. The van der Waals surface area contributed by atoms with Gasteiger partial charge in [0.25, 0.3) is 0 Å². The number of nitrogens with one attached hydrogen (secondary N) is 2. The number of hydrogen-bond donors (Lipinski definition) is 2. The predicted octanol–water partition coefficient (Wildman–Crippen LogP) is 0.743. The maximum atomic E-state index is 13.9. The SMILES string of the molecule is O=C1NCC(c2cc(N3CC(F)(C(F)(F)F)C3)c3nccn3n2)C(=O)N1. The Kier molecular flexibility index (Phi) is 3.36. The van der Waals surface area contributed by atoms with Gasteiger partial charge in [-0.1, -0.05) is 0 Å². The molecule has 8 nitrogen and oxygen atoms in total. The highest BCUT2D eigenvalue weighted by Crippen LogP contribution is 2.43. The molecule has 1 atom stereocenters. The normalized spacial score (nSPS) is 22.8. The van der Waals surface area contributed by atoms with E-state index in [0.29, 0.717) is 0 Å². The van der Waals surface area contributed by atoms with Crippen LogP contribution in [0.3, 0.4) is 0 Å². The van der Waals surface area contributed by atoms with Gasteiger partial charge in [0, 0.05) is 18.9 Å². The molecule has 0 saturated carbocycles. The Morgan fingerprint density at radius 2 is 2.00 bits per heavy atom. The van der Waals surface area contributed by atoms with Gasteiger partial charge in [-0.15, -0.1) is 0 Å². The first-order chi connectivity index (χ1) is 12.2. The molecule has 3 amide bonds. The fourth-order valence-electron chi connectivity index (χ4n) is 3.00. The molecule has 1 unspecified atom stereocenters. The van der Waals surface area contributed by atoms with Crippen LogP contribution in [0.15, 0.2) is 18.5 Å². The highest BCUT2D eigenvalue weighted by Gasteiger charge is 2.63. The van der Waals surface area contributed by atoms with Gasteiger partial charge < -0.3 is 10.2 Å². The van der Waals surface area contributed by atoms with Crippen LogP contribution in [0.4, 0.5) is 28.0 Å². The number of hydrogen-bond acceptors (Lipinski definition) is 5. The quantitative estimate of drug-likeness (QED) is 0.759. The van der Waals surface area contributed by atoms with Gasteiger partial charge in [0.2, 0.25) is 11.6 Å². The fraction of sp³-hybridized carbons (Fsp3) is 0.429. The monoisotopic (exact) mass is 372 g/mol. The summed E-state index contributed by atoms with van der Waals surface area (Å²) in [4.78, 5) is 28.4. The lowest BCUT2D eigenvalue weighted by molar-refractivity contribution is -0.237. The highest BCUT2D eigenvalue weighted by molar-refractivity contribution is 6.00. The Bertz CT molecular complexity index is 904. The van der Waals surface area contributed by atoms with Crippen molar-refractivity contribution in [2.24, 2.45) is 0 Å². The number of aromatic nitrogens is 3. The van der Waals surface area contributed by atoms with Crippen LogP contribution in [0.2, 0.25) is 0 Å². The molecule has 26 heavy (non-hydrogen) atoms. The Balaban J connectivity index is 1.69. The smallest absolute Gasteiger partial charge is 0.361 e. The Morgan fingerprint density at radius 3 is 2.65 bits per heavy atom. The third-order valence-electron chi connectivity index (χ3n) is 4.47. The first kappa shape index (κ1) is 16.5. The minimum absolute atomic E-state index is 0.00703. The maximum absolute atomic E-state index is 13.9. The predicted molar refractivity (Wildman–Crippen MR) is 79.4 cm³/mol. The number of alkyl halides is 4. The van der Waals surface area contributed by atoms with Gasteiger partial charge in [0.15, 0.2) is 5.65 Å². The lowest BCUT2D eigenvalue weighted by Gasteiger charge is -2.46. The van der Waals surface area contributed by atoms with Crippen molar-refractivity contribution in [3.63, 3.8) is 0 Å².